The van der Waals surface area contributed by atoms with Crippen molar-refractivity contribution in [3.63, 3.8) is 0 Å². The minimum Gasteiger partial charge on any atom is -0.467 e. The van der Waals surface area contributed by atoms with Gasteiger partial charge in [0.1, 0.15) is 11.8 Å². The number of furan rings is 1. The molecule has 2 aromatic rings. The number of nitrogens with two attached hydrogens (primary N) is 1. The summed E-state index contributed by atoms with van der Waals surface area (Å²) in [4.78, 5) is 34.8. The van der Waals surface area contributed by atoms with Gasteiger partial charge in [0.05, 0.1) is 12.8 Å². The van der Waals surface area contributed by atoms with E-state index < -0.39 is 24.6 Å². The van der Waals surface area contributed by atoms with Gasteiger partial charge in [-0.2, -0.15) is 0 Å². The third-order valence-corrected chi connectivity index (χ3v) is 3.83. The number of urea groups is 1. The van der Waals surface area contributed by atoms with E-state index in [4.69, 9.17) is 14.9 Å². The number of rotatable bonds is 7. The fraction of sp³-hybridized carbons (Fsp3) is 0.353. The second kappa shape index (κ2) is 7.69. The highest BCUT2D eigenvalue weighted by Gasteiger charge is 2.20. The molecule has 2 amide bonds. The zero-order valence-corrected chi connectivity index (χ0v) is 14.4. The van der Waals surface area contributed by atoms with Crippen molar-refractivity contribution in [2.75, 3.05) is 6.61 Å². The van der Waals surface area contributed by atoms with Gasteiger partial charge in [0.15, 0.2) is 6.61 Å². The molecule has 0 saturated carbocycles. The van der Waals surface area contributed by atoms with Crippen molar-refractivity contribution in [1.29, 1.82) is 0 Å². The molecule has 2 rings (SSSR count). The van der Waals surface area contributed by atoms with E-state index in [1.165, 1.54) is 6.92 Å². The van der Waals surface area contributed by atoms with E-state index >= 15 is 0 Å². The smallest absolute Gasteiger partial charge is 0.328 e. The second-order valence-corrected chi connectivity index (χ2v) is 5.71. The number of aryl methyl sites for hydroxylation is 1. The monoisotopic (exact) mass is 347 g/mol. The average Bonchev–Trinajstić information content (AvgIpc) is 3.15. The first-order valence-electron chi connectivity index (χ1n) is 7.74. The van der Waals surface area contributed by atoms with Crippen LogP contribution < -0.4 is 11.1 Å². The number of carbonyl (C=O) groups is 3. The minimum atomic E-state index is -0.920. The first kappa shape index (κ1) is 18.3. The summed E-state index contributed by atoms with van der Waals surface area (Å²) in [6, 6.07) is 3.65. The van der Waals surface area contributed by atoms with E-state index in [1.807, 2.05) is 24.5 Å². The van der Waals surface area contributed by atoms with Crippen LogP contribution in [0.15, 0.2) is 28.9 Å². The van der Waals surface area contributed by atoms with Crippen LogP contribution in [0.4, 0.5) is 4.79 Å². The number of hydrogen-bond acceptors (Lipinski definition) is 5. The number of esters is 1. The van der Waals surface area contributed by atoms with Crippen LogP contribution in [0.25, 0.3) is 0 Å². The molecule has 0 aliphatic heterocycles. The third-order valence-electron chi connectivity index (χ3n) is 3.83. The fourth-order valence-corrected chi connectivity index (χ4v) is 2.50. The lowest BCUT2D eigenvalue weighted by atomic mass is 10.1. The van der Waals surface area contributed by atoms with Gasteiger partial charge in [-0.15, -0.1) is 0 Å². The lowest BCUT2D eigenvalue weighted by molar-refractivity contribution is -0.144. The summed E-state index contributed by atoms with van der Waals surface area (Å²) in [5.74, 6) is -0.270. The molecule has 0 radical (unpaired) electrons. The topological polar surface area (TPSA) is 117 Å². The predicted molar refractivity (Wildman–Crippen MR) is 89.2 cm³/mol. The molecule has 0 unspecified atom stereocenters. The molecule has 25 heavy (non-hydrogen) atoms. The van der Waals surface area contributed by atoms with E-state index in [0.717, 1.165) is 17.1 Å². The van der Waals surface area contributed by atoms with Crippen molar-refractivity contribution in [1.82, 2.24) is 9.88 Å². The summed E-state index contributed by atoms with van der Waals surface area (Å²) in [6.07, 6.45) is 1.59. The highest BCUT2D eigenvalue weighted by atomic mass is 16.5. The van der Waals surface area contributed by atoms with E-state index in [1.54, 1.807) is 18.4 Å². The zero-order chi connectivity index (χ0) is 18.6. The van der Waals surface area contributed by atoms with Crippen molar-refractivity contribution in [3.8, 4) is 0 Å². The van der Waals surface area contributed by atoms with E-state index in [-0.39, 0.29) is 5.78 Å². The fourth-order valence-electron chi connectivity index (χ4n) is 2.50. The molecule has 3 N–H and O–H groups in total. The summed E-state index contributed by atoms with van der Waals surface area (Å²) in [6.45, 7) is 5.23. The second-order valence-electron chi connectivity index (χ2n) is 5.71. The maximum absolute atomic E-state index is 12.4. The van der Waals surface area contributed by atoms with E-state index in [2.05, 4.69) is 5.32 Å². The zero-order valence-electron chi connectivity index (χ0n) is 14.4. The number of ether oxygens (including phenoxy) is 1. The standard InChI is InChI=1S/C17H21N3O5/c1-10-7-14(12(3)20(10)8-13-5-4-6-24-13)15(21)9-25-16(22)11(2)19-17(18)23/h4-7,11H,8-9H2,1-3H3,(H3,18,19,23)/t11-/m1/s1. The maximum Gasteiger partial charge on any atom is 0.328 e. The van der Waals surface area contributed by atoms with Crippen molar-refractivity contribution >= 4 is 17.8 Å². The molecule has 2 aromatic heterocycles. The highest BCUT2D eigenvalue weighted by Crippen LogP contribution is 2.18. The van der Waals surface area contributed by atoms with Gasteiger partial charge in [0.25, 0.3) is 0 Å². The van der Waals surface area contributed by atoms with Gasteiger partial charge in [0.2, 0.25) is 5.78 Å². The number of nitrogens with zero attached hydrogens (tertiary/aromatic N) is 1. The molecule has 0 aliphatic carbocycles. The SMILES string of the molecule is Cc1cc(C(=O)COC(=O)[C@@H](C)NC(N)=O)c(C)n1Cc1ccco1. The van der Waals surface area contributed by atoms with E-state index in [0.29, 0.717) is 12.1 Å². The van der Waals surface area contributed by atoms with E-state index in [9.17, 15) is 14.4 Å². The molecule has 0 aliphatic rings. The van der Waals surface area contributed by atoms with Gasteiger partial charge in [-0.3, -0.25) is 4.79 Å². The third kappa shape index (κ3) is 4.50. The molecule has 0 bridgehead atoms. The summed E-state index contributed by atoms with van der Waals surface area (Å²) in [7, 11) is 0. The first-order valence-corrected chi connectivity index (χ1v) is 7.74. The molecule has 0 aromatic carbocycles. The molecule has 0 saturated heterocycles. The predicted octanol–water partition coefficient (Wildman–Crippen LogP) is 1.53. The number of aromatic nitrogens is 1. The van der Waals surface area contributed by atoms with Crippen LogP contribution in [0, 0.1) is 13.8 Å². The molecule has 1 atom stereocenters. The number of amides is 2. The van der Waals surface area contributed by atoms with Crippen LogP contribution >= 0.6 is 0 Å². The first-order chi connectivity index (χ1) is 11.8. The van der Waals surface area contributed by atoms with Gasteiger partial charge in [-0.25, -0.2) is 9.59 Å². The Morgan fingerprint density at radius 3 is 2.68 bits per heavy atom. The Labute approximate surface area is 144 Å². The summed E-state index contributed by atoms with van der Waals surface area (Å²) in [5.41, 5.74) is 7.07. The molecular formula is C17H21N3O5. The Kier molecular flexibility index (Phi) is 5.63. The summed E-state index contributed by atoms with van der Waals surface area (Å²) in [5, 5.41) is 2.19. The molecule has 134 valence electrons. The number of nitrogens with one attached hydrogen (secondary N) is 1. The highest BCUT2D eigenvalue weighted by molar-refractivity contribution is 5.99. The Balaban J connectivity index is 2.02. The van der Waals surface area contributed by atoms with Gasteiger partial charge in [-0.05, 0) is 39.0 Å². The van der Waals surface area contributed by atoms with Crippen LogP contribution in [0.2, 0.25) is 0 Å². The Hall–Kier alpha value is -3.03. The maximum atomic E-state index is 12.4. The molecule has 8 heteroatoms. The van der Waals surface area contributed by atoms with Crippen molar-refractivity contribution in [3.05, 3.63) is 47.2 Å². The van der Waals surface area contributed by atoms with Gasteiger partial charge >= 0.3 is 12.0 Å². The van der Waals surface area contributed by atoms with Crippen molar-refractivity contribution in [2.45, 2.75) is 33.4 Å². The molecular weight excluding hydrogens is 326 g/mol. The quantitative estimate of drug-likeness (QED) is 0.582. The number of ketones is 1. The lowest BCUT2D eigenvalue weighted by Gasteiger charge is -2.11. The van der Waals surface area contributed by atoms with Gasteiger partial charge in [0, 0.05) is 17.0 Å². The average molecular weight is 347 g/mol. The largest absolute Gasteiger partial charge is 0.467 e. The van der Waals surface area contributed by atoms with Gasteiger partial charge < -0.3 is 24.8 Å². The molecule has 8 nitrogen and oxygen atoms in total. The van der Waals surface area contributed by atoms with Crippen LogP contribution in [0.3, 0.4) is 0 Å². The van der Waals surface area contributed by atoms with Crippen LogP contribution in [0.1, 0.15) is 34.4 Å². The normalized spacial score (nSPS) is 11.8. The summed E-state index contributed by atoms with van der Waals surface area (Å²) >= 11 is 0. The number of primary amides is 1. The van der Waals surface area contributed by atoms with Crippen molar-refractivity contribution < 1.29 is 23.5 Å². The van der Waals surface area contributed by atoms with Crippen molar-refractivity contribution in [2.24, 2.45) is 5.73 Å². The molecule has 0 spiro atoms. The minimum absolute atomic E-state index is 0.321. The Bertz CT molecular complexity index is 777. The summed E-state index contributed by atoms with van der Waals surface area (Å²) < 4.78 is 12.2. The molecule has 2 heterocycles. The Morgan fingerprint density at radius 1 is 1.36 bits per heavy atom. The number of carbonyl (C=O) groups excluding carboxylic acids is 3. The number of hydrogen-bond donors (Lipinski definition) is 2. The number of Topliss-reactive ketones (excluding diaryl/α,β-unsaturated/α-hetero) is 1. The van der Waals surface area contributed by atoms with Gasteiger partial charge in [-0.1, -0.05) is 0 Å². The lowest BCUT2D eigenvalue weighted by Crippen LogP contribution is -2.42. The Morgan fingerprint density at radius 2 is 2.08 bits per heavy atom. The van der Waals surface area contributed by atoms with Crippen LogP contribution in [-0.2, 0) is 16.1 Å². The van der Waals surface area contributed by atoms with Crippen LogP contribution in [0.5, 0.6) is 0 Å². The molecule has 0 fully saturated rings. The van der Waals surface area contributed by atoms with Crippen LogP contribution in [-0.4, -0.2) is 35.0 Å².